The van der Waals surface area contributed by atoms with Gasteiger partial charge in [-0.1, -0.05) is 6.42 Å². The Kier molecular flexibility index (Phi) is 4.84. The Morgan fingerprint density at radius 1 is 1.29 bits per heavy atom. The molecule has 0 aliphatic heterocycles. The Hall–Kier alpha value is -2.35. The number of ether oxygens (including phenoxy) is 1. The van der Waals surface area contributed by atoms with Crippen LogP contribution in [0.2, 0.25) is 0 Å². The fraction of sp³-hybridized carbons (Fsp3) is 0.526. The number of nitrogens with one attached hydrogen (secondary N) is 1. The molecule has 1 amide bonds. The maximum atomic E-state index is 12.0. The van der Waals surface area contributed by atoms with Crippen molar-refractivity contribution in [3.8, 4) is 6.07 Å². The van der Waals surface area contributed by atoms with Crippen LogP contribution in [0.5, 0.6) is 0 Å². The van der Waals surface area contributed by atoms with E-state index in [-0.39, 0.29) is 18.6 Å². The molecule has 0 saturated heterocycles. The Bertz CT molecular complexity index is 662. The summed E-state index contributed by atoms with van der Waals surface area (Å²) in [6.07, 6.45) is 5.13. The lowest BCUT2D eigenvalue weighted by molar-refractivity contribution is -0.125. The van der Waals surface area contributed by atoms with Crippen molar-refractivity contribution >= 4 is 11.9 Å². The van der Waals surface area contributed by atoms with Crippen molar-refractivity contribution < 1.29 is 14.3 Å². The lowest BCUT2D eigenvalue weighted by atomic mass is 9.84. The first-order chi connectivity index (χ1) is 11.6. The number of fused-ring (bicyclic) bond motifs is 2. The van der Waals surface area contributed by atoms with Crippen LogP contribution in [0, 0.1) is 29.1 Å². The molecule has 0 aromatic heterocycles. The van der Waals surface area contributed by atoms with E-state index in [4.69, 9.17) is 10.00 Å². The third-order valence-corrected chi connectivity index (χ3v) is 5.41. The summed E-state index contributed by atoms with van der Waals surface area (Å²) in [5.41, 5.74) is 0.812. The van der Waals surface area contributed by atoms with Crippen molar-refractivity contribution in [2.24, 2.45) is 17.8 Å². The SMILES string of the molecule is C[C@H](NC(=O)COC(=O)c1ccc(C#N)cc1)[C@@H]1C[C@H]2CC[C@H]1C2. The van der Waals surface area contributed by atoms with E-state index in [9.17, 15) is 9.59 Å². The molecule has 2 saturated carbocycles. The molecule has 3 rings (SSSR count). The van der Waals surface area contributed by atoms with Crippen molar-refractivity contribution in [2.75, 3.05) is 6.61 Å². The van der Waals surface area contributed by atoms with Gasteiger partial charge in [0.2, 0.25) is 0 Å². The Balaban J connectivity index is 1.45. The fourth-order valence-corrected chi connectivity index (χ4v) is 4.20. The molecule has 0 spiro atoms. The minimum atomic E-state index is -0.554. The van der Waals surface area contributed by atoms with Gasteiger partial charge in [0.25, 0.3) is 5.91 Å². The molecular formula is C19H22N2O3. The predicted octanol–water partition coefficient (Wildman–Crippen LogP) is 2.66. The summed E-state index contributed by atoms with van der Waals surface area (Å²) in [5, 5.41) is 11.7. The first-order valence-electron chi connectivity index (χ1n) is 8.53. The number of esters is 1. The number of nitrogens with zero attached hydrogens (tertiary/aromatic N) is 1. The molecule has 24 heavy (non-hydrogen) atoms. The maximum Gasteiger partial charge on any atom is 0.338 e. The number of carbonyl (C=O) groups excluding carboxylic acids is 2. The van der Waals surface area contributed by atoms with Crippen molar-refractivity contribution in [3.63, 3.8) is 0 Å². The van der Waals surface area contributed by atoms with Gasteiger partial charge in [-0.25, -0.2) is 4.79 Å². The number of amides is 1. The molecule has 0 radical (unpaired) electrons. The third kappa shape index (κ3) is 3.59. The van der Waals surface area contributed by atoms with Gasteiger partial charge < -0.3 is 10.1 Å². The van der Waals surface area contributed by atoms with E-state index in [0.29, 0.717) is 17.0 Å². The summed E-state index contributed by atoms with van der Waals surface area (Å²) in [4.78, 5) is 23.9. The number of hydrogen-bond donors (Lipinski definition) is 1. The summed E-state index contributed by atoms with van der Waals surface area (Å²) < 4.78 is 5.05. The van der Waals surface area contributed by atoms with Gasteiger partial charge in [-0.3, -0.25) is 4.79 Å². The van der Waals surface area contributed by atoms with Crippen LogP contribution >= 0.6 is 0 Å². The maximum absolute atomic E-state index is 12.0. The molecule has 2 fully saturated rings. The van der Waals surface area contributed by atoms with Gasteiger partial charge in [0, 0.05) is 6.04 Å². The van der Waals surface area contributed by atoms with Crippen LogP contribution in [-0.4, -0.2) is 24.5 Å². The number of rotatable bonds is 5. The Morgan fingerprint density at radius 2 is 2.04 bits per heavy atom. The summed E-state index contributed by atoms with van der Waals surface area (Å²) in [6, 6.07) is 8.26. The van der Waals surface area contributed by atoms with Gasteiger partial charge >= 0.3 is 5.97 Å². The molecule has 126 valence electrons. The van der Waals surface area contributed by atoms with E-state index in [1.54, 1.807) is 12.1 Å². The number of carbonyl (C=O) groups is 2. The van der Waals surface area contributed by atoms with Crippen LogP contribution in [-0.2, 0) is 9.53 Å². The van der Waals surface area contributed by atoms with E-state index >= 15 is 0 Å². The van der Waals surface area contributed by atoms with Crippen molar-refractivity contribution in [3.05, 3.63) is 35.4 Å². The first-order valence-corrected chi connectivity index (χ1v) is 8.53. The van der Waals surface area contributed by atoms with Gasteiger partial charge in [0.15, 0.2) is 6.61 Å². The molecule has 4 atom stereocenters. The van der Waals surface area contributed by atoms with E-state index in [0.717, 1.165) is 11.8 Å². The summed E-state index contributed by atoms with van der Waals surface area (Å²) in [5.74, 6) is 1.33. The Labute approximate surface area is 142 Å². The highest BCUT2D eigenvalue weighted by atomic mass is 16.5. The second-order valence-electron chi connectivity index (χ2n) is 6.96. The van der Waals surface area contributed by atoms with Gasteiger partial charge in [-0.05, 0) is 68.2 Å². The van der Waals surface area contributed by atoms with E-state index in [2.05, 4.69) is 5.32 Å². The summed E-state index contributed by atoms with van der Waals surface area (Å²) in [7, 11) is 0. The summed E-state index contributed by atoms with van der Waals surface area (Å²) >= 11 is 0. The topological polar surface area (TPSA) is 79.2 Å². The van der Waals surface area contributed by atoms with Crippen LogP contribution in [0.4, 0.5) is 0 Å². The van der Waals surface area contributed by atoms with Crippen LogP contribution < -0.4 is 5.32 Å². The van der Waals surface area contributed by atoms with Crippen LogP contribution in [0.15, 0.2) is 24.3 Å². The molecule has 2 aliphatic carbocycles. The first kappa shape index (κ1) is 16.5. The van der Waals surface area contributed by atoms with Crippen molar-refractivity contribution in [1.82, 2.24) is 5.32 Å². The quantitative estimate of drug-likeness (QED) is 0.844. The van der Waals surface area contributed by atoms with Crippen LogP contribution in [0.25, 0.3) is 0 Å². The minimum Gasteiger partial charge on any atom is -0.452 e. The molecule has 1 N–H and O–H groups in total. The molecular weight excluding hydrogens is 304 g/mol. The highest BCUT2D eigenvalue weighted by Crippen LogP contribution is 2.49. The normalized spacial score (nSPS) is 25.8. The van der Waals surface area contributed by atoms with Gasteiger partial charge in [-0.2, -0.15) is 5.26 Å². The second kappa shape index (κ2) is 7.04. The van der Waals surface area contributed by atoms with Crippen molar-refractivity contribution in [2.45, 2.75) is 38.6 Å². The number of benzene rings is 1. The predicted molar refractivity (Wildman–Crippen MR) is 88.0 cm³/mol. The molecule has 1 aromatic carbocycles. The second-order valence-corrected chi connectivity index (χ2v) is 6.96. The largest absolute Gasteiger partial charge is 0.452 e. The minimum absolute atomic E-state index is 0.126. The van der Waals surface area contributed by atoms with Gasteiger partial charge in [0.1, 0.15) is 0 Å². The lowest BCUT2D eigenvalue weighted by Crippen LogP contribution is -2.42. The standard InChI is InChI=1S/C19H22N2O3/c1-12(17-9-14-4-7-16(17)8-14)21-18(22)11-24-19(23)15-5-2-13(10-20)3-6-15/h2-3,5-6,12,14,16-17H,4,7-9,11H2,1H3,(H,21,22)/t12-,14-,16-,17-/m0/s1. The average molecular weight is 326 g/mol. The number of hydrogen-bond acceptors (Lipinski definition) is 4. The zero-order chi connectivity index (χ0) is 17.1. The molecule has 0 unspecified atom stereocenters. The van der Waals surface area contributed by atoms with Crippen LogP contribution in [0.1, 0.15) is 48.5 Å². The van der Waals surface area contributed by atoms with E-state index in [1.165, 1.54) is 37.8 Å². The molecule has 5 heteroatoms. The van der Waals surface area contributed by atoms with Crippen molar-refractivity contribution in [1.29, 1.82) is 5.26 Å². The zero-order valence-corrected chi connectivity index (χ0v) is 13.8. The average Bonchev–Trinajstić information content (AvgIpc) is 3.23. The molecule has 1 aromatic rings. The molecule has 5 nitrogen and oxygen atoms in total. The van der Waals surface area contributed by atoms with E-state index in [1.807, 2.05) is 13.0 Å². The van der Waals surface area contributed by atoms with Gasteiger partial charge in [-0.15, -0.1) is 0 Å². The van der Waals surface area contributed by atoms with Crippen LogP contribution in [0.3, 0.4) is 0 Å². The summed E-state index contributed by atoms with van der Waals surface area (Å²) in [6.45, 7) is 1.77. The fourth-order valence-electron chi connectivity index (χ4n) is 4.20. The molecule has 2 aliphatic rings. The van der Waals surface area contributed by atoms with Gasteiger partial charge in [0.05, 0.1) is 17.2 Å². The lowest BCUT2D eigenvalue weighted by Gasteiger charge is -2.28. The highest BCUT2D eigenvalue weighted by Gasteiger charge is 2.42. The smallest absolute Gasteiger partial charge is 0.338 e. The third-order valence-electron chi connectivity index (χ3n) is 5.41. The zero-order valence-electron chi connectivity index (χ0n) is 13.8. The highest BCUT2D eigenvalue weighted by molar-refractivity contribution is 5.91. The Morgan fingerprint density at radius 3 is 2.62 bits per heavy atom. The number of nitriles is 1. The van der Waals surface area contributed by atoms with E-state index < -0.39 is 5.97 Å². The molecule has 2 bridgehead atoms. The molecule has 0 heterocycles. The monoisotopic (exact) mass is 326 g/mol.